The molecule has 1 N–H and O–H groups in total. The van der Waals surface area contributed by atoms with E-state index in [-0.39, 0.29) is 24.2 Å². The van der Waals surface area contributed by atoms with Gasteiger partial charge in [0.2, 0.25) is 5.91 Å². The maximum atomic E-state index is 11.5. The first-order valence-corrected chi connectivity index (χ1v) is 9.46. The van der Waals surface area contributed by atoms with Crippen molar-refractivity contribution in [3.63, 3.8) is 0 Å². The third-order valence-electron chi connectivity index (χ3n) is 5.20. The summed E-state index contributed by atoms with van der Waals surface area (Å²) in [5, 5.41) is 4.39. The molecule has 1 spiro atoms. The molecule has 0 aromatic heterocycles. The number of likely N-dealkylation sites (tertiary alicyclic amines) is 1. The van der Waals surface area contributed by atoms with E-state index < -0.39 is 0 Å². The first kappa shape index (κ1) is 17.8. The summed E-state index contributed by atoms with van der Waals surface area (Å²) in [5.41, 5.74) is 2.05. The molecule has 2 fully saturated rings. The smallest absolute Gasteiger partial charge is 0.246 e. The molecule has 1 atom stereocenters. The number of rotatable bonds is 3. The molecule has 0 aliphatic carbocycles. The number of hydrogen-bond acceptors (Lipinski definition) is 3. The maximum absolute atomic E-state index is 11.5. The van der Waals surface area contributed by atoms with Gasteiger partial charge in [-0.15, -0.1) is 0 Å². The molecule has 1 unspecified atom stereocenters. The molecule has 2 aliphatic heterocycles. The van der Waals surface area contributed by atoms with Crippen molar-refractivity contribution >= 4 is 29.1 Å². The van der Waals surface area contributed by atoms with Gasteiger partial charge in [0, 0.05) is 29.7 Å². The minimum atomic E-state index is -0.301. The van der Waals surface area contributed by atoms with Crippen molar-refractivity contribution in [2.75, 3.05) is 26.2 Å². The van der Waals surface area contributed by atoms with Crippen LogP contribution < -0.4 is 5.32 Å². The lowest BCUT2D eigenvalue weighted by Gasteiger charge is -2.35. The number of hydrogen-bond donors (Lipinski definition) is 1. The Morgan fingerprint density at radius 3 is 2.08 bits per heavy atom. The third kappa shape index (κ3) is 3.60. The topological polar surface area (TPSA) is 41.6 Å². The van der Waals surface area contributed by atoms with Crippen LogP contribution in [0.15, 0.2) is 48.5 Å². The van der Waals surface area contributed by atoms with E-state index >= 15 is 0 Å². The molecule has 0 radical (unpaired) electrons. The molecule has 1 amide bonds. The zero-order valence-corrected chi connectivity index (χ0v) is 15.8. The number of amides is 1. The average Bonchev–Trinajstić information content (AvgIpc) is 3.05. The third-order valence-corrected chi connectivity index (χ3v) is 5.70. The number of nitrogens with one attached hydrogen (secondary N) is 1. The van der Waals surface area contributed by atoms with Gasteiger partial charge in [0.15, 0.2) is 0 Å². The normalized spacial score (nSPS) is 23.6. The van der Waals surface area contributed by atoms with Crippen LogP contribution in [0, 0.1) is 0 Å². The molecule has 6 heteroatoms. The number of nitrogens with zero attached hydrogens (tertiary/aromatic N) is 1. The number of halogens is 2. The first-order valence-electron chi connectivity index (χ1n) is 8.70. The van der Waals surface area contributed by atoms with Crippen molar-refractivity contribution in [3.05, 3.63) is 69.7 Å². The van der Waals surface area contributed by atoms with Crippen molar-refractivity contribution in [2.45, 2.75) is 18.1 Å². The zero-order valence-electron chi connectivity index (χ0n) is 14.3. The molecule has 136 valence electrons. The van der Waals surface area contributed by atoms with Crippen LogP contribution in [-0.2, 0) is 9.53 Å². The van der Waals surface area contributed by atoms with Gasteiger partial charge >= 0.3 is 0 Å². The molecular formula is C20H20Cl2N2O2. The Bertz CT molecular complexity index is 737. The van der Waals surface area contributed by atoms with E-state index in [1.54, 1.807) is 0 Å². The van der Waals surface area contributed by atoms with Crippen LogP contribution in [0.1, 0.15) is 23.6 Å². The quantitative estimate of drug-likeness (QED) is 0.868. The largest absolute Gasteiger partial charge is 0.362 e. The average molecular weight is 391 g/mol. The van der Waals surface area contributed by atoms with Crippen LogP contribution in [0.3, 0.4) is 0 Å². The molecule has 2 heterocycles. The summed E-state index contributed by atoms with van der Waals surface area (Å²) >= 11 is 12.2. The number of morpholine rings is 1. The predicted molar refractivity (Wildman–Crippen MR) is 103 cm³/mol. The Kier molecular flexibility index (Phi) is 4.93. The van der Waals surface area contributed by atoms with Gasteiger partial charge in [-0.1, -0.05) is 47.5 Å². The van der Waals surface area contributed by atoms with E-state index in [4.69, 9.17) is 27.9 Å². The van der Waals surface area contributed by atoms with Crippen LogP contribution in [0.25, 0.3) is 0 Å². The van der Waals surface area contributed by atoms with Crippen LogP contribution in [0.5, 0.6) is 0 Å². The van der Waals surface area contributed by atoms with Gasteiger partial charge in [-0.2, -0.15) is 0 Å². The summed E-state index contributed by atoms with van der Waals surface area (Å²) in [6, 6.07) is 16.0. The fourth-order valence-electron chi connectivity index (χ4n) is 3.84. The zero-order chi connectivity index (χ0) is 18.1. The fourth-order valence-corrected chi connectivity index (χ4v) is 4.09. The molecule has 4 nitrogen and oxygen atoms in total. The second-order valence-electron chi connectivity index (χ2n) is 6.97. The molecule has 0 saturated carbocycles. The Morgan fingerprint density at radius 2 is 1.58 bits per heavy atom. The Morgan fingerprint density at radius 1 is 1.00 bits per heavy atom. The highest BCUT2D eigenvalue weighted by Crippen LogP contribution is 2.37. The van der Waals surface area contributed by atoms with Crippen LogP contribution in [0.2, 0.25) is 10.0 Å². The standard InChI is InChI=1S/C20H20Cl2N2O2/c21-16-5-1-14(2-6-16)19(15-3-7-17(22)8-4-15)24-10-9-20(13-24)12-23-18(25)11-26-20/h1-8,19H,9-13H2,(H,23,25). The summed E-state index contributed by atoms with van der Waals surface area (Å²) in [5.74, 6) is -0.0407. The number of benzene rings is 2. The second kappa shape index (κ2) is 7.20. The number of carbonyl (C=O) groups excluding carboxylic acids is 1. The minimum absolute atomic E-state index is 0.0407. The Hall–Kier alpha value is -1.59. The van der Waals surface area contributed by atoms with Crippen LogP contribution in [-0.4, -0.2) is 42.6 Å². The van der Waals surface area contributed by atoms with Crippen LogP contribution in [0.4, 0.5) is 0 Å². The Labute approximate surface area is 163 Å². The fraction of sp³-hybridized carbons (Fsp3) is 0.350. The van der Waals surface area contributed by atoms with E-state index in [0.29, 0.717) is 6.54 Å². The van der Waals surface area contributed by atoms with Gasteiger partial charge in [0.1, 0.15) is 6.61 Å². The van der Waals surface area contributed by atoms with Crippen molar-refractivity contribution < 1.29 is 9.53 Å². The van der Waals surface area contributed by atoms with Crippen molar-refractivity contribution in [2.24, 2.45) is 0 Å². The first-order chi connectivity index (χ1) is 12.5. The molecule has 2 saturated heterocycles. The Balaban J connectivity index is 1.64. The van der Waals surface area contributed by atoms with Gasteiger partial charge in [-0.3, -0.25) is 9.69 Å². The van der Waals surface area contributed by atoms with E-state index in [1.807, 2.05) is 24.3 Å². The lowest BCUT2D eigenvalue weighted by molar-refractivity contribution is -0.142. The van der Waals surface area contributed by atoms with E-state index in [2.05, 4.69) is 34.5 Å². The molecule has 2 aromatic rings. The summed E-state index contributed by atoms with van der Waals surface area (Å²) in [6.45, 7) is 2.37. The summed E-state index contributed by atoms with van der Waals surface area (Å²) in [6.07, 6.45) is 0.894. The van der Waals surface area contributed by atoms with Gasteiger partial charge in [-0.05, 0) is 41.8 Å². The minimum Gasteiger partial charge on any atom is -0.362 e. The number of ether oxygens (including phenoxy) is 1. The highest BCUT2D eigenvalue weighted by Gasteiger charge is 2.44. The van der Waals surface area contributed by atoms with Gasteiger partial charge in [-0.25, -0.2) is 0 Å². The van der Waals surface area contributed by atoms with Crippen LogP contribution >= 0.6 is 23.2 Å². The highest BCUT2D eigenvalue weighted by atomic mass is 35.5. The summed E-state index contributed by atoms with van der Waals surface area (Å²) < 4.78 is 5.93. The molecule has 2 aliphatic rings. The van der Waals surface area contributed by atoms with E-state index in [9.17, 15) is 4.79 Å². The number of carbonyl (C=O) groups is 1. The van der Waals surface area contributed by atoms with Crippen molar-refractivity contribution in [1.29, 1.82) is 0 Å². The van der Waals surface area contributed by atoms with Gasteiger partial charge in [0.05, 0.1) is 11.6 Å². The second-order valence-corrected chi connectivity index (χ2v) is 7.85. The van der Waals surface area contributed by atoms with E-state index in [1.165, 1.54) is 11.1 Å². The SMILES string of the molecule is O=C1COC2(CCN(C(c3ccc(Cl)cc3)c3ccc(Cl)cc3)C2)CN1. The highest BCUT2D eigenvalue weighted by molar-refractivity contribution is 6.30. The molecule has 2 aromatic carbocycles. The monoisotopic (exact) mass is 390 g/mol. The van der Waals surface area contributed by atoms with E-state index in [0.717, 1.165) is 29.6 Å². The van der Waals surface area contributed by atoms with Gasteiger partial charge in [0.25, 0.3) is 0 Å². The maximum Gasteiger partial charge on any atom is 0.246 e. The van der Waals surface area contributed by atoms with Crippen molar-refractivity contribution in [3.8, 4) is 0 Å². The lowest BCUT2D eigenvalue weighted by atomic mass is 9.97. The molecule has 26 heavy (non-hydrogen) atoms. The summed E-state index contributed by atoms with van der Waals surface area (Å²) in [4.78, 5) is 13.9. The van der Waals surface area contributed by atoms with Gasteiger partial charge < -0.3 is 10.1 Å². The van der Waals surface area contributed by atoms with Crippen molar-refractivity contribution in [1.82, 2.24) is 10.2 Å². The predicted octanol–water partition coefficient (Wildman–Crippen LogP) is 3.67. The molecule has 4 rings (SSSR count). The summed E-state index contributed by atoms with van der Waals surface area (Å²) in [7, 11) is 0. The molecule has 0 bridgehead atoms. The molecular weight excluding hydrogens is 371 g/mol. The lowest BCUT2D eigenvalue weighted by Crippen LogP contribution is -2.54.